The van der Waals surface area contributed by atoms with Gasteiger partial charge in [0.2, 0.25) is 10.0 Å². The zero-order chi connectivity index (χ0) is 12.9. The van der Waals surface area contributed by atoms with Gasteiger partial charge in [0.15, 0.2) is 0 Å². The highest BCUT2D eigenvalue weighted by Gasteiger charge is 2.21. The lowest BCUT2D eigenvalue weighted by Crippen LogP contribution is -2.35. The van der Waals surface area contributed by atoms with Crippen LogP contribution < -0.4 is 4.72 Å². The van der Waals surface area contributed by atoms with E-state index in [1.807, 2.05) is 6.92 Å². The van der Waals surface area contributed by atoms with Crippen LogP contribution in [0.1, 0.15) is 19.8 Å². The van der Waals surface area contributed by atoms with Crippen LogP contribution in [0.3, 0.4) is 0 Å². The number of pyridine rings is 1. The molecule has 0 spiro atoms. The van der Waals surface area contributed by atoms with E-state index in [-0.39, 0.29) is 22.6 Å². The number of halogens is 1. The number of hydrogen-bond acceptors (Lipinski definition) is 4. The van der Waals surface area contributed by atoms with Crippen LogP contribution in [0, 0.1) is 0 Å². The van der Waals surface area contributed by atoms with Crippen molar-refractivity contribution in [3.05, 3.63) is 23.5 Å². The van der Waals surface area contributed by atoms with E-state index in [2.05, 4.69) is 9.71 Å². The Morgan fingerprint density at radius 2 is 2.29 bits per heavy atom. The Bertz CT molecular complexity index is 464. The summed E-state index contributed by atoms with van der Waals surface area (Å²) < 4.78 is 26.4. The maximum atomic E-state index is 12.0. The number of hydrogen-bond donors (Lipinski definition) is 2. The van der Waals surface area contributed by atoms with Crippen molar-refractivity contribution >= 4 is 21.6 Å². The first-order valence-electron chi connectivity index (χ1n) is 5.24. The van der Waals surface area contributed by atoms with Crippen LogP contribution >= 0.6 is 11.6 Å². The van der Waals surface area contributed by atoms with E-state index in [0.717, 1.165) is 0 Å². The van der Waals surface area contributed by atoms with Gasteiger partial charge in [-0.2, -0.15) is 0 Å². The summed E-state index contributed by atoms with van der Waals surface area (Å²) in [5.74, 6) is 0. The largest absolute Gasteiger partial charge is 0.396 e. The van der Waals surface area contributed by atoms with E-state index < -0.39 is 10.0 Å². The van der Waals surface area contributed by atoms with E-state index in [1.54, 1.807) is 0 Å². The molecule has 7 heteroatoms. The summed E-state index contributed by atoms with van der Waals surface area (Å²) in [6.07, 6.45) is 3.59. The average molecular weight is 279 g/mol. The molecule has 17 heavy (non-hydrogen) atoms. The normalized spacial score (nSPS) is 13.6. The number of sulfonamides is 1. The summed E-state index contributed by atoms with van der Waals surface area (Å²) in [5.41, 5.74) is 0. The molecule has 0 bridgehead atoms. The SMILES string of the molecule is CCC(CCO)NS(=O)(=O)c1cnccc1Cl. The lowest BCUT2D eigenvalue weighted by atomic mass is 10.2. The van der Waals surface area contributed by atoms with Crippen molar-refractivity contribution in [3.63, 3.8) is 0 Å². The Morgan fingerprint density at radius 3 is 2.82 bits per heavy atom. The van der Waals surface area contributed by atoms with Gasteiger partial charge in [0.25, 0.3) is 0 Å². The zero-order valence-electron chi connectivity index (χ0n) is 9.43. The number of aromatic nitrogens is 1. The van der Waals surface area contributed by atoms with Gasteiger partial charge in [0, 0.05) is 25.0 Å². The minimum absolute atomic E-state index is 0.0435. The monoisotopic (exact) mass is 278 g/mol. The minimum atomic E-state index is -3.68. The van der Waals surface area contributed by atoms with Gasteiger partial charge in [-0.25, -0.2) is 13.1 Å². The molecule has 1 aromatic heterocycles. The van der Waals surface area contributed by atoms with Crippen molar-refractivity contribution in [2.45, 2.75) is 30.7 Å². The number of nitrogens with zero attached hydrogens (tertiary/aromatic N) is 1. The van der Waals surface area contributed by atoms with Crippen molar-refractivity contribution in [3.8, 4) is 0 Å². The van der Waals surface area contributed by atoms with E-state index >= 15 is 0 Å². The van der Waals surface area contributed by atoms with Gasteiger partial charge in [-0.15, -0.1) is 0 Å². The summed E-state index contributed by atoms with van der Waals surface area (Å²) in [6.45, 7) is 1.77. The maximum absolute atomic E-state index is 12.0. The minimum Gasteiger partial charge on any atom is -0.396 e. The molecule has 0 saturated carbocycles. The lowest BCUT2D eigenvalue weighted by Gasteiger charge is -2.16. The molecule has 0 amide bonds. The summed E-state index contributed by atoms with van der Waals surface area (Å²) in [6, 6.07) is 1.12. The number of aliphatic hydroxyl groups is 1. The van der Waals surface area contributed by atoms with Gasteiger partial charge in [-0.3, -0.25) is 4.98 Å². The molecular formula is C10H15ClN2O3S. The third-order valence-corrected chi connectivity index (χ3v) is 4.31. The second-order valence-electron chi connectivity index (χ2n) is 3.54. The van der Waals surface area contributed by atoms with Gasteiger partial charge < -0.3 is 5.11 Å². The predicted octanol–water partition coefficient (Wildman–Crippen LogP) is 1.17. The Balaban J connectivity index is 2.92. The second kappa shape index (κ2) is 6.30. The molecule has 1 atom stereocenters. The molecule has 2 N–H and O–H groups in total. The summed E-state index contributed by atoms with van der Waals surface area (Å²) in [4.78, 5) is 3.69. The number of rotatable bonds is 6. The maximum Gasteiger partial charge on any atom is 0.243 e. The van der Waals surface area contributed by atoms with Crippen LogP contribution in [-0.4, -0.2) is 31.2 Å². The molecule has 96 valence electrons. The number of aliphatic hydroxyl groups excluding tert-OH is 1. The van der Waals surface area contributed by atoms with Crippen molar-refractivity contribution in [2.24, 2.45) is 0 Å². The quantitative estimate of drug-likeness (QED) is 0.819. The number of nitrogens with one attached hydrogen (secondary N) is 1. The third kappa shape index (κ3) is 3.92. The molecule has 5 nitrogen and oxygen atoms in total. The molecule has 0 aliphatic heterocycles. The van der Waals surface area contributed by atoms with Gasteiger partial charge >= 0.3 is 0 Å². The molecule has 0 fully saturated rings. The molecule has 1 rings (SSSR count). The first-order chi connectivity index (χ1) is 8.01. The lowest BCUT2D eigenvalue weighted by molar-refractivity contribution is 0.270. The van der Waals surface area contributed by atoms with Gasteiger partial charge in [-0.05, 0) is 18.9 Å². The predicted molar refractivity (Wildman–Crippen MR) is 65.4 cm³/mol. The van der Waals surface area contributed by atoms with Crippen molar-refractivity contribution in [2.75, 3.05) is 6.61 Å². The smallest absolute Gasteiger partial charge is 0.243 e. The first-order valence-corrected chi connectivity index (χ1v) is 7.10. The van der Waals surface area contributed by atoms with E-state index in [0.29, 0.717) is 12.8 Å². The second-order valence-corrected chi connectivity index (χ2v) is 5.63. The highest BCUT2D eigenvalue weighted by atomic mass is 35.5. The summed E-state index contributed by atoms with van der Waals surface area (Å²) in [7, 11) is -3.68. The van der Waals surface area contributed by atoms with Crippen molar-refractivity contribution < 1.29 is 13.5 Å². The molecule has 0 radical (unpaired) electrons. The van der Waals surface area contributed by atoms with Crippen LogP contribution in [0.15, 0.2) is 23.4 Å². The topological polar surface area (TPSA) is 79.3 Å². The standard InChI is InChI=1S/C10H15ClN2O3S/c1-2-8(4-6-14)13-17(15,16)10-7-12-5-3-9(10)11/h3,5,7-8,13-14H,2,4,6H2,1H3. The Morgan fingerprint density at radius 1 is 1.59 bits per heavy atom. The van der Waals surface area contributed by atoms with Crippen LogP contribution in [0.2, 0.25) is 5.02 Å². The van der Waals surface area contributed by atoms with E-state index in [1.165, 1.54) is 18.5 Å². The molecular weight excluding hydrogens is 264 g/mol. The molecule has 1 unspecified atom stereocenters. The molecule has 0 aliphatic rings. The fourth-order valence-corrected chi connectivity index (χ4v) is 3.13. The summed E-state index contributed by atoms with van der Waals surface area (Å²) >= 11 is 5.80. The zero-order valence-corrected chi connectivity index (χ0v) is 11.0. The highest BCUT2D eigenvalue weighted by Crippen LogP contribution is 2.19. The first kappa shape index (κ1) is 14.4. The molecule has 0 saturated heterocycles. The molecule has 0 aliphatic carbocycles. The van der Waals surface area contributed by atoms with E-state index in [9.17, 15) is 8.42 Å². The van der Waals surface area contributed by atoms with Crippen LogP contribution in [-0.2, 0) is 10.0 Å². The van der Waals surface area contributed by atoms with Crippen LogP contribution in [0.4, 0.5) is 0 Å². The molecule has 1 aromatic rings. The van der Waals surface area contributed by atoms with Crippen molar-refractivity contribution in [1.29, 1.82) is 0 Å². The Hall–Kier alpha value is -0.690. The third-order valence-electron chi connectivity index (χ3n) is 2.32. The van der Waals surface area contributed by atoms with Gasteiger partial charge in [-0.1, -0.05) is 18.5 Å². The fourth-order valence-electron chi connectivity index (χ4n) is 1.35. The summed E-state index contributed by atoms with van der Waals surface area (Å²) in [5, 5.41) is 8.95. The highest BCUT2D eigenvalue weighted by molar-refractivity contribution is 7.89. The Labute approximate surface area is 106 Å². The molecule has 1 heterocycles. The average Bonchev–Trinajstić information content (AvgIpc) is 2.28. The van der Waals surface area contributed by atoms with Gasteiger partial charge in [0.1, 0.15) is 4.90 Å². The Kier molecular flexibility index (Phi) is 5.32. The van der Waals surface area contributed by atoms with E-state index in [4.69, 9.17) is 16.7 Å². The fraction of sp³-hybridized carbons (Fsp3) is 0.500. The molecule has 0 aromatic carbocycles. The van der Waals surface area contributed by atoms with Crippen LogP contribution in [0.5, 0.6) is 0 Å². The van der Waals surface area contributed by atoms with Crippen LogP contribution in [0.25, 0.3) is 0 Å². The van der Waals surface area contributed by atoms with Crippen molar-refractivity contribution in [1.82, 2.24) is 9.71 Å². The van der Waals surface area contributed by atoms with Gasteiger partial charge in [0.05, 0.1) is 5.02 Å².